The molecule has 0 aliphatic heterocycles. The lowest BCUT2D eigenvalue weighted by molar-refractivity contribution is 0.0955. The second-order valence-corrected chi connectivity index (χ2v) is 5.82. The van der Waals surface area contributed by atoms with Gasteiger partial charge in [0.2, 0.25) is 0 Å². The summed E-state index contributed by atoms with van der Waals surface area (Å²) in [6, 6.07) is 16.5. The quantitative estimate of drug-likeness (QED) is 0.370. The van der Waals surface area contributed by atoms with Crippen molar-refractivity contribution in [2.24, 2.45) is 5.10 Å². The molecule has 0 radical (unpaired) electrons. The maximum atomic E-state index is 12.6. The van der Waals surface area contributed by atoms with Crippen LogP contribution in [0, 0.1) is 0 Å². The van der Waals surface area contributed by atoms with Gasteiger partial charge in [-0.05, 0) is 48.0 Å². The molecule has 1 amide bonds. The predicted octanol–water partition coefficient (Wildman–Crippen LogP) is 3.81. The third-order valence-electron chi connectivity index (χ3n) is 3.96. The number of rotatable bonds is 8. The Kier molecular flexibility index (Phi) is 6.25. The molecule has 3 aromatic rings. The van der Waals surface area contributed by atoms with Crippen molar-refractivity contribution < 1.29 is 14.3 Å². The average molecular weight is 375 g/mol. The summed E-state index contributed by atoms with van der Waals surface area (Å²) in [4.78, 5) is 12.6. The molecule has 2 aromatic carbocycles. The van der Waals surface area contributed by atoms with Crippen LogP contribution in [-0.2, 0) is 0 Å². The fourth-order valence-corrected chi connectivity index (χ4v) is 2.64. The molecule has 0 atom stereocenters. The normalized spacial score (nSPS) is 10.6. The minimum Gasteiger partial charge on any atom is -0.493 e. The van der Waals surface area contributed by atoms with E-state index in [9.17, 15) is 4.79 Å². The molecular weight excluding hydrogens is 354 g/mol. The van der Waals surface area contributed by atoms with Crippen LogP contribution in [0.2, 0.25) is 0 Å². The lowest BCUT2D eigenvalue weighted by Gasteiger charge is -2.10. The van der Waals surface area contributed by atoms with Crippen LogP contribution in [0.15, 0.2) is 84.7 Å². The molecule has 0 aliphatic rings. The Labute approximate surface area is 163 Å². The molecule has 28 heavy (non-hydrogen) atoms. The van der Waals surface area contributed by atoms with E-state index >= 15 is 0 Å². The van der Waals surface area contributed by atoms with Gasteiger partial charge in [0.15, 0.2) is 11.5 Å². The Balaban J connectivity index is 1.72. The van der Waals surface area contributed by atoms with Crippen molar-refractivity contribution in [3.63, 3.8) is 0 Å². The van der Waals surface area contributed by atoms with Gasteiger partial charge in [-0.2, -0.15) is 5.10 Å². The molecule has 3 rings (SSSR count). The van der Waals surface area contributed by atoms with Crippen LogP contribution in [0.1, 0.15) is 15.9 Å². The zero-order chi connectivity index (χ0) is 19.8. The van der Waals surface area contributed by atoms with E-state index in [4.69, 9.17) is 9.47 Å². The van der Waals surface area contributed by atoms with Gasteiger partial charge in [-0.3, -0.25) is 4.79 Å². The molecule has 0 bridgehead atoms. The third-order valence-corrected chi connectivity index (χ3v) is 3.96. The molecular formula is C22H21N3O3. The van der Waals surface area contributed by atoms with Gasteiger partial charge in [-0.1, -0.05) is 24.8 Å². The largest absolute Gasteiger partial charge is 0.493 e. The van der Waals surface area contributed by atoms with Crippen LogP contribution >= 0.6 is 0 Å². The summed E-state index contributed by atoms with van der Waals surface area (Å²) in [6.07, 6.45) is 6.99. The first-order valence-corrected chi connectivity index (χ1v) is 8.70. The monoisotopic (exact) mass is 375 g/mol. The van der Waals surface area contributed by atoms with Crippen LogP contribution < -0.4 is 14.9 Å². The predicted molar refractivity (Wildman–Crippen MR) is 110 cm³/mol. The number of benzene rings is 2. The highest BCUT2D eigenvalue weighted by atomic mass is 16.5. The van der Waals surface area contributed by atoms with E-state index in [0.717, 1.165) is 11.3 Å². The van der Waals surface area contributed by atoms with Crippen molar-refractivity contribution in [3.8, 4) is 17.2 Å². The Bertz CT molecular complexity index is 978. The summed E-state index contributed by atoms with van der Waals surface area (Å²) >= 11 is 0. The van der Waals surface area contributed by atoms with Crippen molar-refractivity contribution in [1.82, 2.24) is 9.99 Å². The number of methoxy groups -OCH3 is 1. The molecule has 0 fully saturated rings. The zero-order valence-corrected chi connectivity index (χ0v) is 15.5. The highest BCUT2D eigenvalue weighted by molar-refractivity contribution is 5.98. The fraction of sp³-hybridized carbons (Fsp3) is 0.0909. The first-order valence-electron chi connectivity index (χ1n) is 8.70. The van der Waals surface area contributed by atoms with Crippen LogP contribution in [0.4, 0.5) is 0 Å². The SMILES string of the molecule is C=CCOc1ccc(/C=N\NC(=O)c2ccccc2-n2cccc2)cc1OC. The number of para-hydroxylation sites is 1. The second-order valence-electron chi connectivity index (χ2n) is 5.82. The van der Waals surface area contributed by atoms with Crippen LogP contribution in [0.5, 0.6) is 11.5 Å². The minimum absolute atomic E-state index is 0.293. The van der Waals surface area contributed by atoms with Gasteiger partial charge in [-0.15, -0.1) is 0 Å². The van der Waals surface area contributed by atoms with Gasteiger partial charge < -0.3 is 14.0 Å². The van der Waals surface area contributed by atoms with Gasteiger partial charge in [0, 0.05) is 12.4 Å². The number of hydrogen-bond acceptors (Lipinski definition) is 4. The summed E-state index contributed by atoms with van der Waals surface area (Å²) in [5, 5.41) is 4.06. The van der Waals surface area contributed by atoms with Crippen molar-refractivity contribution in [3.05, 3.63) is 90.8 Å². The van der Waals surface area contributed by atoms with Crippen molar-refractivity contribution in [2.75, 3.05) is 13.7 Å². The lowest BCUT2D eigenvalue weighted by Crippen LogP contribution is -2.19. The summed E-state index contributed by atoms with van der Waals surface area (Å²) in [5.41, 5.74) is 4.65. The smallest absolute Gasteiger partial charge is 0.273 e. The molecule has 0 spiro atoms. The van der Waals surface area contributed by atoms with Gasteiger partial charge in [0.05, 0.1) is 24.6 Å². The Morgan fingerprint density at radius 3 is 2.68 bits per heavy atom. The number of carbonyl (C=O) groups excluding carboxylic acids is 1. The van der Waals surface area contributed by atoms with Gasteiger partial charge in [0.1, 0.15) is 6.61 Å². The zero-order valence-electron chi connectivity index (χ0n) is 15.5. The summed E-state index contributed by atoms with van der Waals surface area (Å²) < 4.78 is 12.7. The van der Waals surface area contributed by atoms with E-state index in [1.54, 1.807) is 37.6 Å². The number of ether oxygens (including phenoxy) is 2. The van der Waals surface area contributed by atoms with Gasteiger partial charge in [-0.25, -0.2) is 5.43 Å². The molecule has 0 saturated heterocycles. The third kappa shape index (κ3) is 4.48. The molecule has 6 nitrogen and oxygen atoms in total. The van der Waals surface area contributed by atoms with E-state index in [1.165, 1.54) is 0 Å². The Morgan fingerprint density at radius 1 is 1.14 bits per heavy atom. The topological polar surface area (TPSA) is 64.8 Å². The van der Waals surface area contributed by atoms with E-state index in [2.05, 4.69) is 17.1 Å². The molecule has 142 valence electrons. The van der Waals surface area contributed by atoms with Gasteiger partial charge in [0.25, 0.3) is 5.91 Å². The number of nitrogens with one attached hydrogen (secondary N) is 1. The van der Waals surface area contributed by atoms with Gasteiger partial charge >= 0.3 is 0 Å². The summed E-state index contributed by atoms with van der Waals surface area (Å²) in [6.45, 7) is 4.01. The number of amides is 1. The molecule has 0 aliphatic carbocycles. The van der Waals surface area contributed by atoms with Crippen molar-refractivity contribution >= 4 is 12.1 Å². The number of aromatic nitrogens is 1. The van der Waals surface area contributed by atoms with Crippen LogP contribution in [-0.4, -0.2) is 30.4 Å². The maximum absolute atomic E-state index is 12.6. The van der Waals surface area contributed by atoms with E-state index in [0.29, 0.717) is 23.7 Å². The fourth-order valence-electron chi connectivity index (χ4n) is 2.64. The number of hydrazone groups is 1. The standard InChI is InChI=1S/C22H21N3O3/c1-3-14-28-20-11-10-17(15-21(20)27-2)16-23-24-22(26)18-8-4-5-9-19(18)25-12-6-7-13-25/h3-13,15-16H,1,14H2,2H3,(H,24,26)/b23-16-. The molecule has 1 aromatic heterocycles. The molecule has 1 N–H and O–H groups in total. The number of carbonyl (C=O) groups is 1. The Hall–Kier alpha value is -3.80. The summed E-state index contributed by atoms with van der Waals surface area (Å²) in [7, 11) is 1.57. The van der Waals surface area contributed by atoms with E-state index < -0.39 is 0 Å². The minimum atomic E-state index is -0.293. The summed E-state index contributed by atoms with van der Waals surface area (Å²) in [5.74, 6) is 0.901. The number of hydrogen-bond donors (Lipinski definition) is 1. The van der Waals surface area contributed by atoms with Crippen molar-refractivity contribution in [1.29, 1.82) is 0 Å². The molecule has 0 saturated carbocycles. The maximum Gasteiger partial charge on any atom is 0.273 e. The number of nitrogens with zero attached hydrogens (tertiary/aromatic N) is 2. The van der Waals surface area contributed by atoms with Crippen molar-refractivity contribution in [2.45, 2.75) is 0 Å². The first kappa shape index (κ1) is 19.0. The highest BCUT2D eigenvalue weighted by Gasteiger charge is 2.11. The van der Waals surface area contributed by atoms with Crippen LogP contribution in [0.25, 0.3) is 5.69 Å². The van der Waals surface area contributed by atoms with E-state index in [1.807, 2.05) is 53.4 Å². The first-order chi connectivity index (χ1) is 13.7. The van der Waals surface area contributed by atoms with E-state index in [-0.39, 0.29) is 5.91 Å². The average Bonchev–Trinajstić information content (AvgIpc) is 3.27. The lowest BCUT2D eigenvalue weighted by atomic mass is 10.1. The molecule has 1 heterocycles. The second kappa shape index (κ2) is 9.23. The Morgan fingerprint density at radius 2 is 1.93 bits per heavy atom. The van der Waals surface area contributed by atoms with Crippen LogP contribution in [0.3, 0.4) is 0 Å². The molecule has 6 heteroatoms. The highest BCUT2D eigenvalue weighted by Crippen LogP contribution is 2.27. The molecule has 0 unspecified atom stereocenters.